The lowest BCUT2D eigenvalue weighted by molar-refractivity contribution is 0.0914. The van der Waals surface area contributed by atoms with Gasteiger partial charge in [-0.3, -0.25) is 14.4 Å². The van der Waals surface area contributed by atoms with Crippen LogP contribution in [-0.2, 0) is 10.0 Å². The van der Waals surface area contributed by atoms with E-state index in [1.807, 2.05) is 12.1 Å². The van der Waals surface area contributed by atoms with Crippen molar-refractivity contribution in [1.29, 1.82) is 0 Å². The molecule has 1 atom stereocenters. The van der Waals surface area contributed by atoms with Crippen LogP contribution in [0.4, 0.5) is 5.69 Å². The first-order valence-corrected chi connectivity index (χ1v) is 12.2. The molecular formula is C24H27N3O4S. The van der Waals surface area contributed by atoms with Gasteiger partial charge in [0.15, 0.2) is 0 Å². The molecule has 1 aliphatic heterocycles. The van der Waals surface area contributed by atoms with Crippen molar-refractivity contribution in [2.45, 2.75) is 30.2 Å². The molecule has 4 rings (SSSR count). The van der Waals surface area contributed by atoms with E-state index in [4.69, 9.17) is 4.42 Å². The Morgan fingerprint density at radius 3 is 2.47 bits per heavy atom. The zero-order valence-electron chi connectivity index (χ0n) is 17.7. The van der Waals surface area contributed by atoms with E-state index in [2.05, 4.69) is 14.9 Å². The summed E-state index contributed by atoms with van der Waals surface area (Å²) in [5.74, 6) is 0.566. The maximum atomic E-state index is 12.9. The van der Waals surface area contributed by atoms with Crippen molar-refractivity contribution in [2.24, 2.45) is 0 Å². The molecule has 168 valence electrons. The Labute approximate surface area is 188 Å². The third-order valence-corrected chi connectivity index (χ3v) is 6.99. The van der Waals surface area contributed by atoms with Crippen LogP contribution in [0, 0.1) is 0 Å². The number of hydrogen-bond acceptors (Lipinski definition) is 5. The van der Waals surface area contributed by atoms with Crippen LogP contribution in [0.25, 0.3) is 0 Å². The smallest absolute Gasteiger partial charge is 0.261 e. The highest BCUT2D eigenvalue weighted by atomic mass is 32.2. The van der Waals surface area contributed by atoms with Gasteiger partial charge in [-0.15, -0.1) is 0 Å². The van der Waals surface area contributed by atoms with Gasteiger partial charge in [-0.25, -0.2) is 8.42 Å². The van der Waals surface area contributed by atoms with E-state index in [1.165, 1.54) is 18.6 Å². The molecule has 0 saturated carbocycles. The fourth-order valence-corrected chi connectivity index (χ4v) is 5.02. The van der Waals surface area contributed by atoms with E-state index >= 15 is 0 Å². The number of furan rings is 1. The number of hydrogen-bond donors (Lipinski definition) is 2. The highest BCUT2D eigenvalue weighted by Crippen LogP contribution is 2.25. The van der Waals surface area contributed by atoms with Gasteiger partial charge in [0.25, 0.3) is 15.9 Å². The van der Waals surface area contributed by atoms with Crippen LogP contribution in [0.2, 0.25) is 0 Å². The first-order valence-electron chi connectivity index (χ1n) is 10.8. The van der Waals surface area contributed by atoms with Gasteiger partial charge in [-0.1, -0.05) is 30.7 Å². The van der Waals surface area contributed by atoms with Crippen molar-refractivity contribution in [2.75, 3.05) is 24.4 Å². The number of anilines is 1. The molecule has 3 aromatic rings. The first-order chi connectivity index (χ1) is 15.5. The predicted octanol–water partition coefficient (Wildman–Crippen LogP) is 4.04. The molecule has 1 saturated heterocycles. The fourth-order valence-electron chi connectivity index (χ4n) is 3.95. The normalized spacial score (nSPS) is 15.8. The quantitative estimate of drug-likeness (QED) is 0.537. The Kier molecular flexibility index (Phi) is 6.92. The zero-order chi connectivity index (χ0) is 22.4. The number of likely N-dealkylation sites (tertiary alicyclic amines) is 1. The summed E-state index contributed by atoms with van der Waals surface area (Å²) >= 11 is 0. The number of benzene rings is 2. The Morgan fingerprint density at radius 1 is 0.969 bits per heavy atom. The Balaban J connectivity index is 1.44. The molecule has 0 spiro atoms. The number of piperidine rings is 1. The summed E-state index contributed by atoms with van der Waals surface area (Å²) < 4.78 is 33.3. The Hall–Kier alpha value is -3.10. The van der Waals surface area contributed by atoms with Crippen molar-refractivity contribution >= 4 is 21.6 Å². The van der Waals surface area contributed by atoms with Crippen LogP contribution in [0.1, 0.15) is 41.4 Å². The molecule has 2 aromatic carbocycles. The minimum atomic E-state index is -3.73. The molecule has 1 amide bonds. The molecule has 32 heavy (non-hydrogen) atoms. The van der Waals surface area contributed by atoms with E-state index in [0.29, 0.717) is 17.8 Å². The number of nitrogens with one attached hydrogen (secondary N) is 2. The summed E-state index contributed by atoms with van der Waals surface area (Å²) in [4.78, 5) is 15.4. The van der Waals surface area contributed by atoms with Gasteiger partial charge in [-0.2, -0.15) is 0 Å². The van der Waals surface area contributed by atoms with Gasteiger partial charge in [0.2, 0.25) is 0 Å². The minimum Gasteiger partial charge on any atom is -0.468 e. The third kappa shape index (κ3) is 5.38. The SMILES string of the molecule is O=C(NCC(c1ccco1)N1CCCCC1)c1cccc(NS(=O)(=O)c2ccccc2)c1. The maximum Gasteiger partial charge on any atom is 0.261 e. The summed E-state index contributed by atoms with van der Waals surface area (Å²) in [6, 6.07) is 18.4. The summed E-state index contributed by atoms with van der Waals surface area (Å²) in [5.41, 5.74) is 0.718. The average Bonchev–Trinajstić information content (AvgIpc) is 3.35. The topological polar surface area (TPSA) is 91.7 Å². The molecule has 1 unspecified atom stereocenters. The Bertz CT molecular complexity index is 1130. The van der Waals surface area contributed by atoms with Crippen molar-refractivity contribution in [3.63, 3.8) is 0 Å². The summed E-state index contributed by atoms with van der Waals surface area (Å²) in [5, 5.41) is 2.99. The molecular weight excluding hydrogens is 426 g/mol. The standard InChI is InChI=1S/C24H27N3O4S/c28-24(25-18-22(23-13-8-16-31-23)27-14-5-2-6-15-27)19-9-7-10-20(17-19)26-32(29,30)21-11-3-1-4-12-21/h1,3-4,7-13,16-17,22,26H,2,5-6,14-15,18H2,(H,25,28). The lowest BCUT2D eigenvalue weighted by Gasteiger charge is -2.33. The van der Waals surface area contributed by atoms with E-state index < -0.39 is 10.0 Å². The maximum absolute atomic E-state index is 12.9. The van der Waals surface area contributed by atoms with Gasteiger partial charge in [0.1, 0.15) is 5.76 Å². The molecule has 0 bridgehead atoms. The van der Waals surface area contributed by atoms with Crippen LogP contribution in [0.5, 0.6) is 0 Å². The Morgan fingerprint density at radius 2 is 1.75 bits per heavy atom. The molecule has 2 N–H and O–H groups in total. The van der Waals surface area contributed by atoms with Crippen LogP contribution in [0.15, 0.2) is 82.3 Å². The summed E-state index contributed by atoms with van der Waals surface area (Å²) in [6.07, 6.45) is 5.14. The predicted molar refractivity (Wildman–Crippen MR) is 123 cm³/mol. The molecule has 7 nitrogen and oxygen atoms in total. The number of nitrogens with zero attached hydrogens (tertiary/aromatic N) is 1. The van der Waals surface area contributed by atoms with Gasteiger partial charge in [0.05, 0.1) is 17.2 Å². The monoisotopic (exact) mass is 453 g/mol. The summed E-state index contributed by atoms with van der Waals surface area (Å²) in [7, 11) is -3.73. The lowest BCUT2D eigenvalue weighted by atomic mass is 10.1. The van der Waals surface area contributed by atoms with Gasteiger partial charge in [-0.05, 0) is 68.4 Å². The van der Waals surface area contributed by atoms with Gasteiger partial charge >= 0.3 is 0 Å². The summed E-state index contributed by atoms with van der Waals surface area (Å²) in [6.45, 7) is 2.35. The molecule has 0 aliphatic carbocycles. The van der Waals surface area contributed by atoms with E-state index in [9.17, 15) is 13.2 Å². The van der Waals surface area contributed by atoms with Crippen molar-refractivity contribution < 1.29 is 17.6 Å². The number of sulfonamides is 1. The van der Waals surface area contributed by atoms with Crippen molar-refractivity contribution in [1.82, 2.24) is 10.2 Å². The van der Waals surface area contributed by atoms with Crippen LogP contribution in [0.3, 0.4) is 0 Å². The first kappa shape index (κ1) is 22.1. The minimum absolute atomic E-state index is 0.0333. The van der Waals surface area contributed by atoms with Crippen molar-refractivity contribution in [3.8, 4) is 0 Å². The number of amides is 1. The fraction of sp³-hybridized carbons (Fsp3) is 0.292. The number of rotatable bonds is 8. The highest BCUT2D eigenvalue weighted by Gasteiger charge is 2.25. The molecule has 8 heteroatoms. The molecule has 2 heterocycles. The average molecular weight is 454 g/mol. The van der Waals surface area contributed by atoms with Crippen LogP contribution in [-0.4, -0.2) is 38.9 Å². The zero-order valence-corrected chi connectivity index (χ0v) is 18.6. The second-order valence-electron chi connectivity index (χ2n) is 7.84. The van der Waals surface area contributed by atoms with Gasteiger partial charge < -0.3 is 9.73 Å². The number of carbonyl (C=O) groups is 1. The lowest BCUT2D eigenvalue weighted by Crippen LogP contribution is -2.40. The van der Waals surface area contributed by atoms with E-state index in [-0.39, 0.29) is 16.8 Å². The largest absolute Gasteiger partial charge is 0.468 e. The second-order valence-corrected chi connectivity index (χ2v) is 9.52. The molecule has 1 aromatic heterocycles. The molecule has 1 fully saturated rings. The van der Waals surface area contributed by atoms with Crippen LogP contribution < -0.4 is 10.0 Å². The number of carbonyl (C=O) groups excluding carboxylic acids is 1. The van der Waals surface area contributed by atoms with Crippen LogP contribution >= 0.6 is 0 Å². The van der Waals surface area contributed by atoms with E-state index in [1.54, 1.807) is 48.7 Å². The highest BCUT2D eigenvalue weighted by molar-refractivity contribution is 7.92. The van der Waals surface area contributed by atoms with Gasteiger partial charge in [0, 0.05) is 17.8 Å². The molecule has 0 radical (unpaired) electrons. The van der Waals surface area contributed by atoms with E-state index in [0.717, 1.165) is 31.7 Å². The molecule has 1 aliphatic rings. The second kappa shape index (κ2) is 10.0. The van der Waals surface area contributed by atoms with Crippen molar-refractivity contribution in [3.05, 3.63) is 84.3 Å². The third-order valence-electron chi connectivity index (χ3n) is 5.59.